The fourth-order valence-corrected chi connectivity index (χ4v) is 3.77. The summed E-state index contributed by atoms with van der Waals surface area (Å²) in [5.74, 6) is 0.804. The molecule has 2 N–H and O–H groups in total. The van der Waals surface area contributed by atoms with Crippen LogP contribution in [0.5, 0.6) is 0 Å². The number of rotatable bonds is 4. The number of likely N-dealkylation sites (tertiary alicyclic amines) is 1. The maximum atomic E-state index is 6.32. The fourth-order valence-electron chi connectivity index (χ4n) is 2.95. The standard InChI is InChI=1S/C16H24BrClN2/c1-11-3-4-12(2)20(10-11)8-7-16(19)14-6-5-13(17)9-15(14)18/h5-6,9,11-12,16H,3-4,7-8,10,19H2,1-2H3. The van der Waals surface area contributed by atoms with Gasteiger partial charge < -0.3 is 10.6 Å². The average molecular weight is 360 g/mol. The third-order valence-electron chi connectivity index (χ3n) is 4.34. The van der Waals surface area contributed by atoms with Crippen LogP contribution in [0.4, 0.5) is 0 Å². The first kappa shape index (κ1) is 16.3. The van der Waals surface area contributed by atoms with Gasteiger partial charge in [-0.15, -0.1) is 0 Å². The molecule has 4 heteroatoms. The maximum absolute atomic E-state index is 6.32. The van der Waals surface area contributed by atoms with Gasteiger partial charge in [0.05, 0.1) is 0 Å². The Labute approximate surface area is 135 Å². The largest absolute Gasteiger partial charge is 0.324 e. The van der Waals surface area contributed by atoms with Crippen molar-refractivity contribution in [2.75, 3.05) is 13.1 Å². The summed E-state index contributed by atoms with van der Waals surface area (Å²) in [6.45, 7) is 6.91. The Morgan fingerprint density at radius 1 is 1.40 bits per heavy atom. The summed E-state index contributed by atoms with van der Waals surface area (Å²) in [6.07, 6.45) is 3.61. The monoisotopic (exact) mass is 358 g/mol. The van der Waals surface area contributed by atoms with Crippen molar-refractivity contribution < 1.29 is 0 Å². The second kappa shape index (κ2) is 7.26. The van der Waals surface area contributed by atoms with Gasteiger partial charge >= 0.3 is 0 Å². The lowest BCUT2D eigenvalue weighted by molar-refractivity contribution is 0.121. The molecule has 2 nitrogen and oxygen atoms in total. The predicted molar refractivity (Wildman–Crippen MR) is 90.1 cm³/mol. The van der Waals surface area contributed by atoms with Crippen LogP contribution in [-0.4, -0.2) is 24.0 Å². The molecule has 1 saturated heterocycles. The molecule has 0 bridgehead atoms. The van der Waals surface area contributed by atoms with Crippen LogP contribution in [0.3, 0.4) is 0 Å². The summed E-state index contributed by atoms with van der Waals surface area (Å²) >= 11 is 9.70. The van der Waals surface area contributed by atoms with E-state index in [1.807, 2.05) is 18.2 Å². The topological polar surface area (TPSA) is 29.3 Å². The molecule has 0 radical (unpaired) electrons. The van der Waals surface area contributed by atoms with E-state index in [-0.39, 0.29) is 6.04 Å². The van der Waals surface area contributed by atoms with Gasteiger partial charge in [0.25, 0.3) is 0 Å². The van der Waals surface area contributed by atoms with Gasteiger partial charge in [0.15, 0.2) is 0 Å². The third kappa shape index (κ3) is 4.20. The van der Waals surface area contributed by atoms with Gasteiger partial charge in [-0.2, -0.15) is 0 Å². The molecule has 1 aromatic carbocycles. The maximum Gasteiger partial charge on any atom is 0.0464 e. The van der Waals surface area contributed by atoms with E-state index in [0.29, 0.717) is 6.04 Å². The molecular weight excluding hydrogens is 336 g/mol. The van der Waals surface area contributed by atoms with Crippen molar-refractivity contribution in [3.8, 4) is 0 Å². The van der Waals surface area contributed by atoms with E-state index in [2.05, 4.69) is 34.7 Å². The lowest BCUT2D eigenvalue weighted by Gasteiger charge is -2.37. The predicted octanol–water partition coefficient (Wildman–Crippen LogP) is 4.61. The summed E-state index contributed by atoms with van der Waals surface area (Å²) < 4.78 is 0.997. The summed E-state index contributed by atoms with van der Waals surface area (Å²) in [5.41, 5.74) is 7.37. The minimum absolute atomic E-state index is 0.0139. The highest BCUT2D eigenvalue weighted by molar-refractivity contribution is 9.10. The van der Waals surface area contributed by atoms with E-state index in [0.717, 1.165) is 33.9 Å². The zero-order chi connectivity index (χ0) is 14.7. The molecule has 0 aliphatic carbocycles. The Morgan fingerprint density at radius 2 is 2.15 bits per heavy atom. The second-order valence-electron chi connectivity index (χ2n) is 6.09. The molecule has 0 saturated carbocycles. The van der Waals surface area contributed by atoms with Crippen LogP contribution in [0.1, 0.15) is 44.7 Å². The first-order valence-corrected chi connectivity index (χ1v) is 8.59. The van der Waals surface area contributed by atoms with Crippen molar-refractivity contribution in [2.45, 2.75) is 45.2 Å². The molecule has 1 fully saturated rings. The van der Waals surface area contributed by atoms with E-state index < -0.39 is 0 Å². The van der Waals surface area contributed by atoms with Crippen molar-refractivity contribution in [1.29, 1.82) is 0 Å². The van der Waals surface area contributed by atoms with Gasteiger partial charge in [-0.05, 0) is 49.8 Å². The van der Waals surface area contributed by atoms with Crippen LogP contribution >= 0.6 is 27.5 Å². The van der Waals surface area contributed by atoms with Crippen molar-refractivity contribution in [3.05, 3.63) is 33.3 Å². The molecular formula is C16H24BrClN2. The molecule has 2 rings (SSSR count). The first-order chi connectivity index (χ1) is 9.47. The summed E-state index contributed by atoms with van der Waals surface area (Å²) in [5, 5.41) is 0.756. The van der Waals surface area contributed by atoms with E-state index in [1.54, 1.807) is 0 Å². The zero-order valence-corrected chi connectivity index (χ0v) is 14.6. The molecule has 112 valence electrons. The molecule has 1 aliphatic rings. The van der Waals surface area contributed by atoms with Crippen molar-refractivity contribution in [1.82, 2.24) is 4.90 Å². The minimum atomic E-state index is 0.0139. The molecule has 0 aromatic heterocycles. The molecule has 0 spiro atoms. The van der Waals surface area contributed by atoms with Gasteiger partial charge in [0.1, 0.15) is 0 Å². The molecule has 1 aliphatic heterocycles. The average Bonchev–Trinajstić information content (AvgIpc) is 2.39. The molecule has 0 amide bonds. The number of nitrogens with zero attached hydrogens (tertiary/aromatic N) is 1. The molecule has 3 unspecified atom stereocenters. The first-order valence-electron chi connectivity index (χ1n) is 7.42. The van der Waals surface area contributed by atoms with E-state index in [9.17, 15) is 0 Å². The van der Waals surface area contributed by atoms with E-state index in [1.165, 1.54) is 19.4 Å². The molecule has 20 heavy (non-hydrogen) atoms. The van der Waals surface area contributed by atoms with E-state index in [4.69, 9.17) is 17.3 Å². The molecule has 3 atom stereocenters. The van der Waals surface area contributed by atoms with Crippen molar-refractivity contribution in [3.63, 3.8) is 0 Å². The highest BCUT2D eigenvalue weighted by Crippen LogP contribution is 2.28. The number of hydrogen-bond acceptors (Lipinski definition) is 2. The number of nitrogens with two attached hydrogens (primary N) is 1. The highest BCUT2D eigenvalue weighted by Gasteiger charge is 2.23. The smallest absolute Gasteiger partial charge is 0.0464 e. The number of piperidine rings is 1. The van der Waals surface area contributed by atoms with Crippen LogP contribution in [0.15, 0.2) is 22.7 Å². The molecule has 1 heterocycles. The van der Waals surface area contributed by atoms with Gasteiger partial charge in [-0.25, -0.2) is 0 Å². The third-order valence-corrected chi connectivity index (χ3v) is 5.16. The Morgan fingerprint density at radius 3 is 2.85 bits per heavy atom. The van der Waals surface area contributed by atoms with Gasteiger partial charge in [0.2, 0.25) is 0 Å². The van der Waals surface area contributed by atoms with Gasteiger partial charge in [-0.1, -0.05) is 40.5 Å². The summed E-state index contributed by atoms with van der Waals surface area (Å²) in [6, 6.07) is 6.65. The van der Waals surface area contributed by atoms with Crippen LogP contribution in [0.25, 0.3) is 0 Å². The fraction of sp³-hybridized carbons (Fsp3) is 0.625. The summed E-state index contributed by atoms with van der Waals surface area (Å²) in [7, 11) is 0. The highest BCUT2D eigenvalue weighted by atomic mass is 79.9. The van der Waals surface area contributed by atoms with Crippen molar-refractivity contribution >= 4 is 27.5 Å². The second-order valence-corrected chi connectivity index (χ2v) is 7.41. The Balaban J connectivity index is 1.92. The van der Waals surface area contributed by atoms with Crippen molar-refractivity contribution in [2.24, 2.45) is 11.7 Å². The number of benzene rings is 1. The van der Waals surface area contributed by atoms with E-state index >= 15 is 0 Å². The van der Waals surface area contributed by atoms with Crippen LogP contribution in [-0.2, 0) is 0 Å². The SMILES string of the molecule is CC1CCC(C)N(CCC(N)c2ccc(Br)cc2Cl)C1. The van der Waals surface area contributed by atoms with Crippen LogP contribution < -0.4 is 5.73 Å². The Hall–Kier alpha value is -0.0900. The van der Waals surface area contributed by atoms with Gasteiger partial charge in [-0.3, -0.25) is 0 Å². The van der Waals surface area contributed by atoms with Crippen LogP contribution in [0.2, 0.25) is 5.02 Å². The minimum Gasteiger partial charge on any atom is -0.324 e. The van der Waals surface area contributed by atoms with Gasteiger partial charge in [0, 0.05) is 34.7 Å². The quantitative estimate of drug-likeness (QED) is 0.850. The Kier molecular flexibility index (Phi) is 5.91. The number of halogens is 2. The molecule has 1 aromatic rings. The Bertz CT molecular complexity index is 452. The summed E-state index contributed by atoms with van der Waals surface area (Å²) in [4.78, 5) is 2.57. The van der Waals surface area contributed by atoms with Crippen LogP contribution in [0, 0.1) is 5.92 Å². The lowest BCUT2D eigenvalue weighted by atomic mass is 9.94. The number of hydrogen-bond donors (Lipinski definition) is 1. The lowest BCUT2D eigenvalue weighted by Crippen LogP contribution is -2.42. The normalized spacial score (nSPS) is 25.6. The zero-order valence-electron chi connectivity index (χ0n) is 12.3.